The predicted octanol–water partition coefficient (Wildman–Crippen LogP) is 2.11. The van der Waals surface area contributed by atoms with E-state index in [1.807, 2.05) is 18.2 Å². The smallest absolute Gasteiger partial charge is 0.122 e. The molecule has 1 fully saturated rings. The van der Waals surface area contributed by atoms with Gasteiger partial charge in [0.25, 0.3) is 0 Å². The first-order chi connectivity index (χ1) is 6.77. The lowest BCUT2D eigenvalue weighted by atomic mass is 10.2. The van der Waals surface area contributed by atoms with Crippen molar-refractivity contribution < 1.29 is 4.74 Å². The Morgan fingerprint density at radius 2 is 2.14 bits per heavy atom. The van der Waals surface area contributed by atoms with Crippen molar-refractivity contribution in [2.75, 3.05) is 6.61 Å². The Labute approximate surface area is 85.1 Å². The Hall–Kier alpha value is -1.02. The monoisotopic (exact) mass is 191 g/mol. The third-order valence-corrected chi connectivity index (χ3v) is 2.75. The molecule has 0 aliphatic heterocycles. The van der Waals surface area contributed by atoms with E-state index in [-0.39, 0.29) is 6.04 Å². The lowest BCUT2D eigenvalue weighted by molar-refractivity contribution is 0.274. The van der Waals surface area contributed by atoms with Crippen LogP contribution in [-0.2, 0) is 0 Å². The maximum Gasteiger partial charge on any atom is 0.122 e. The molecule has 1 unspecified atom stereocenters. The van der Waals surface area contributed by atoms with E-state index in [4.69, 9.17) is 10.5 Å². The van der Waals surface area contributed by atoms with Gasteiger partial charge in [-0.25, -0.2) is 0 Å². The van der Waals surface area contributed by atoms with Crippen LogP contribution in [0.2, 0.25) is 0 Å². The second-order valence-electron chi connectivity index (χ2n) is 4.08. The molecule has 0 bridgehead atoms. The molecule has 0 radical (unpaired) electrons. The Bertz CT molecular complexity index is 307. The third kappa shape index (κ3) is 2.26. The Balaban J connectivity index is 1.87. The van der Waals surface area contributed by atoms with E-state index in [1.54, 1.807) is 0 Å². The highest BCUT2D eigenvalue weighted by Crippen LogP contribution is 2.31. The van der Waals surface area contributed by atoms with Crippen LogP contribution in [0.4, 0.5) is 0 Å². The summed E-state index contributed by atoms with van der Waals surface area (Å²) in [5, 5.41) is 0. The Morgan fingerprint density at radius 1 is 1.43 bits per heavy atom. The predicted molar refractivity (Wildman–Crippen MR) is 57.4 cm³/mol. The minimum absolute atomic E-state index is 0.217. The maximum absolute atomic E-state index is 5.95. The van der Waals surface area contributed by atoms with Crippen LogP contribution in [0.15, 0.2) is 24.3 Å². The maximum atomic E-state index is 5.95. The van der Waals surface area contributed by atoms with Gasteiger partial charge in [-0.1, -0.05) is 18.2 Å². The summed E-state index contributed by atoms with van der Waals surface area (Å²) in [6.07, 6.45) is 2.55. The molecule has 2 N–H and O–H groups in total. The summed E-state index contributed by atoms with van der Waals surface area (Å²) in [6, 6.07) is 8.27. The van der Waals surface area contributed by atoms with Crippen LogP contribution < -0.4 is 10.5 Å². The molecule has 1 saturated carbocycles. The highest BCUT2D eigenvalue weighted by atomic mass is 16.5. The van der Waals surface area contributed by atoms with Crippen molar-refractivity contribution in [2.45, 2.75) is 25.8 Å². The van der Waals surface area contributed by atoms with Gasteiger partial charge in [0.2, 0.25) is 0 Å². The molecule has 1 atom stereocenters. The van der Waals surface area contributed by atoms with Crippen molar-refractivity contribution in [1.82, 2.24) is 0 Å². The second kappa shape index (κ2) is 4.01. The van der Waals surface area contributed by atoms with Gasteiger partial charge >= 0.3 is 0 Å². The summed E-state index contributed by atoms with van der Waals surface area (Å²) in [5.74, 6) is 1.67. The first kappa shape index (κ1) is 9.53. The van der Waals surface area contributed by atoms with Crippen LogP contribution in [0.5, 0.6) is 5.75 Å². The molecule has 14 heavy (non-hydrogen) atoms. The minimum atomic E-state index is 0.217. The van der Waals surface area contributed by atoms with Crippen molar-refractivity contribution in [1.29, 1.82) is 0 Å². The van der Waals surface area contributed by atoms with Gasteiger partial charge in [-0.15, -0.1) is 0 Å². The molecular weight excluding hydrogens is 174 g/mol. The topological polar surface area (TPSA) is 35.2 Å². The van der Waals surface area contributed by atoms with E-state index in [0.29, 0.717) is 12.5 Å². The molecule has 1 aromatic rings. The van der Waals surface area contributed by atoms with Gasteiger partial charge in [-0.2, -0.15) is 0 Å². The number of benzene rings is 1. The average molecular weight is 191 g/mol. The minimum Gasteiger partial charge on any atom is -0.492 e. The van der Waals surface area contributed by atoms with Gasteiger partial charge in [-0.05, 0) is 37.3 Å². The summed E-state index contributed by atoms with van der Waals surface area (Å²) in [4.78, 5) is 0. The Kier molecular flexibility index (Phi) is 2.73. The summed E-state index contributed by atoms with van der Waals surface area (Å²) < 4.78 is 5.67. The highest BCUT2D eigenvalue weighted by Gasteiger charge is 2.28. The second-order valence-corrected chi connectivity index (χ2v) is 4.08. The van der Waals surface area contributed by atoms with Crippen molar-refractivity contribution in [3.63, 3.8) is 0 Å². The van der Waals surface area contributed by atoms with E-state index >= 15 is 0 Å². The van der Waals surface area contributed by atoms with Crippen LogP contribution in [0.25, 0.3) is 0 Å². The van der Waals surface area contributed by atoms with Gasteiger partial charge in [0.1, 0.15) is 12.4 Å². The fourth-order valence-electron chi connectivity index (χ4n) is 1.56. The molecule has 0 spiro atoms. The molecule has 2 rings (SSSR count). The van der Waals surface area contributed by atoms with Gasteiger partial charge in [0.05, 0.1) is 0 Å². The molecule has 0 heterocycles. The zero-order valence-electron chi connectivity index (χ0n) is 8.57. The van der Waals surface area contributed by atoms with Gasteiger partial charge in [0.15, 0.2) is 0 Å². The van der Waals surface area contributed by atoms with Crippen molar-refractivity contribution in [3.05, 3.63) is 29.8 Å². The van der Waals surface area contributed by atoms with Crippen molar-refractivity contribution in [2.24, 2.45) is 11.7 Å². The molecule has 2 heteroatoms. The molecule has 0 saturated heterocycles. The van der Waals surface area contributed by atoms with E-state index in [1.165, 1.54) is 18.4 Å². The highest BCUT2D eigenvalue weighted by molar-refractivity contribution is 5.31. The molecular formula is C12H17NO. The number of aryl methyl sites for hydroxylation is 1. The molecule has 1 aromatic carbocycles. The first-order valence-electron chi connectivity index (χ1n) is 5.21. The number of para-hydroxylation sites is 1. The summed E-state index contributed by atoms with van der Waals surface area (Å²) >= 11 is 0. The first-order valence-corrected chi connectivity index (χ1v) is 5.21. The standard InChI is InChI=1S/C12H17NO/c1-9-4-2-3-5-12(9)14-8-11(13)10-6-7-10/h2-5,10-11H,6-8,13H2,1H3. The summed E-state index contributed by atoms with van der Waals surface area (Å²) in [7, 11) is 0. The van der Waals surface area contributed by atoms with Crippen LogP contribution in [-0.4, -0.2) is 12.6 Å². The number of hydrogen-bond donors (Lipinski definition) is 1. The lowest BCUT2D eigenvalue weighted by Crippen LogP contribution is -2.29. The summed E-state index contributed by atoms with van der Waals surface area (Å²) in [6.45, 7) is 2.70. The summed E-state index contributed by atoms with van der Waals surface area (Å²) in [5.41, 5.74) is 7.13. The van der Waals surface area contributed by atoms with E-state index < -0.39 is 0 Å². The number of nitrogens with two attached hydrogens (primary N) is 1. The molecule has 1 aliphatic carbocycles. The van der Waals surface area contributed by atoms with E-state index in [2.05, 4.69) is 13.0 Å². The molecule has 0 amide bonds. The van der Waals surface area contributed by atoms with E-state index in [0.717, 1.165) is 5.75 Å². The number of ether oxygens (including phenoxy) is 1. The van der Waals surface area contributed by atoms with Crippen LogP contribution >= 0.6 is 0 Å². The zero-order chi connectivity index (χ0) is 9.97. The van der Waals surface area contributed by atoms with Gasteiger partial charge in [-0.3, -0.25) is 0 Å². The van der Waals surface area contributed by atoms with Crippen LogP contribution in [0, 0.1) is 12.8 Å². The van der Waals surface area contributed by atoms with Gasteiger partial charge in [0, 0.05) is 6.04 Å². The zero-order valence-corrected chi connectivity index (χ0v) is 8.57. The fourth-order valence-corrected chi connectivity index (χ4v) is 1.56. The third-order valence-electron chi connectivity index (χ3n) is 2.75. The molecule has 2 nitrogen and oxygen atoms in total. The largest absolute Gasteiger partial charge is 0.492 e. The van der Waals surface area contributed by atoms with Crippen LogP contribution in [0.1, 0.15) is 18.4 Å². The number of rotatable bonds is 4. The molecule has 0 aromatic heterocycles. The van der Waals surface area contributed by atoms with Crippen LogP contribution in [0.3, 0.4) is 0 Å². The van der Waals surface area contributed by atoms with E-state index in [9.17, 15) is 0 Å². The molecule has 1 aliphatic rings. The van der Waals surface area contributed by atoms with Gasteiger partial charge < -0.3 is 10.5 Å². The van der Waals surface area contributed by atoms with Crippen molar-refractivity contribution >= 4 is 0 Å². The quantitative estimate of drug-likeness (QED) is 0.791. The lowest BCUT2D eigenvalue weighted by Gasteiger charge is -2.13. The fraction of sp³-hybridized carbons (Fsp3) is 0.500. The SMILES string of the molecule is Cc1ccccc1OCC(N)C1CC1. The number of hydrogen-bond acceptors (Lipinski definition) is 2. The molecule has 76 valence electrons. The average Bonchev–Trinajstić information content (AvgIpc) is 2.99. The normalized spacial score (nSPS) is 17.9. The Morgan fingerprint density at radius 3 is 2.79 bits per heavy atom. The van der Waals surface area contributed by atoms with Crippen molar-refractivity contribution in [3.8, 4) is 5.75 Å².